The highest BCUT2D eigenvalue weighted by atomic mass is 28.3. The molecule has 0 aliphatic carbocycles. The maximum absolute atomic E-state index is 5.56. The van der Waals surface area contributed by atoms with E-state index in [9.17, 15) is 0 Å². The number of hydrogen-bond acceptors (Lipinski definition) is 1. The van der Waals surface area contributed by atoms with Crippen LogP contribution in [0.1, 0.15) is 40.5 Å². The van der Waals surface area contributed by atoms with E-state index in [1.54, 1.807) is 0 Å². The highest BCUT2D eigenvalue weighted by molar-refractivity contribution is 6.55. The molecule has 0 amide bonds. The van der Waals surface area contributed by atoms with Crippen molar-refractivity contribution in [1.82, 2.24) is 0 Å². The van der Waals surface area contributed by atoms with Crippen molar-refractivity contribution in [3.63, 3.8) is 0 Å². The quantitative estimate of drug-likeness (QED) is 0.595. The van der Waals surface area contributed by atoms with Crippen LogP contribution in [0.25, 0.3) is 0 Å². The Morgan fingerprint density at radius 2 is 1.82 bits per heavy atom. The molecule has 0 aliphatic rings. The van der Waals surface area contributed by atoms with Crippen molar-refractivity contribution >= 4 is 9.04 Å². The standard InChI is InChI=1S/C9H22OSi/c1-6-7-8-11(10-5)9(2,3)4/h11H,6-8H2,1-5H3. The molecule has 0 aromatic rings. The zero-order valence-electron chi connectivity index (χ0n) is 8.61. The first kappa shape index (κ1) is 11.2. The molecule has 0 N–H and O–H groups in total. The maximum atomic E-state index is 5.56. The molecule has 0 heterocycles. The van der Waals surface area contributed by atoms with E-state index in [-0.39, 0.29) is 0 Å². The minimum Gasteiger partial charge on any atom is -0.423 e. The Morgan fingerprint density at radius 1 is 1.27 bits per heavy atom. The smallest absolute Gasteiger partial charge is 0.181 e. The van der Waals surface area contributed by atoms with Gasteiger partial charge in [0, 0.05) is 7.11 Å². The van der Waals surface area contributed by atoms with Gasteiger partial charge in [0.05, 0.1) is 0 Å². The van der Waals surface area contributed by atoms with E-state index < -0.39 is 9.04 Å². The predicted molar refractivity (Wildman–Crippen MR) is 53.6 cm³/mol. The van der Waals surface area contributed by atoms with Gasteiger partial charge in [0.25, 0.3) is 0 Å². The Kier molecular flexibility index (Phi) is 5.02. The maximum Gasteiger partial charge on any atom is 0.181 e. The first-order valence-corrected chi connectivity index (χ1v) is 6.41. The second kappa shape index (κ2) is 4.94. The summed E-state index contributed by atoms with van der Waals surface area (Å²) in [5, 5.41) is 0.434. The third kappa shape index (κ3) is 4.59. The summed E-state index contributed by atoms with van der Waals surface area (Å²) in [6, 6.07) is 1.33. The van der Waals surface area contributed by atoms with Crippen molar-refractivity contribution in [2.75, 3.05) is 7.11 Å². The lowest BCUT2D eigenvalue weighted by atomic mass is 10.2. The average molecular weight is 174 g/mol. The van der Waals surface area contributed by atoms with Gasteiger partial charge >= 0.3 is 0 Å². The van der Waals surface area contributed by atoms with Gasteiger partial charge in [-0.1, -0.05) is 40.5 Å². The van der Waals surface area contributed by atoms with E-state index in [1.165, 1.54) is 18.9 Å². The van der Waals surface area contributed by atoms with Crippen LogP contribution in [-0.4, -0.2) is 16.2 Å². The van der Waals surface area contributed by atoms with Gasteiger partial charge in [-0.2, -0.15) is 0 Å². The Bertz CT molecular complexity index is 96.2. The fraction of sp³-hybridized carbons (Fsp3) is 1.00. The van der Waals surface area contributed by atoms with Gasteiger partial charge in [0.2, 0.25) is 0 Å². The molecule has 0 aliphatic heterocycles. The zero-order chi connectivity index (χ0) is 8.91. The normalized spacial score (nSPS) is 15.0. The molecule has 0 aromatic carbocycles. The van der Waals surface area contributed by atoms with Crippen LogP contribution < -0.4 is 0 Å². The van der Waals surface area contributed by atoms with Crippen molar-refractivity contribution in [1.29, 1.82) is 0 Å². The first-order valence-electron chi connectivity index (χ1n) is 4.55. The van der Waals surface area contributed by atoms with Crippen LogP contribution in [0.4, 0.5) is 0 Å². The Morgan fingerprint density at radius 3 is 2.09 bits per heavy atom. The molecule has 1 unspecified atom stereocenters. The molecule has 0 spiro atoms. The third-order valence-electron chi connectivity index (χ3n) is 2.07. The van der Waals surface area contributed by atoms with Crippen LogP contribution in [0.2, 0.25) is 11.1 Å². The fourth-order valence-electron chi connectivity index (χ4n) is 1.29. The van der Waals surface area contributed by atoms with E-state index in [0.29, 0.717) is 5.04 Å². The highest BCUT2D eigenvalue weighted by Gasteiger charge is 2.25. The molecule has 1 nitrogen and oxygen atoms in total. The molecule has 0 aromatic heterocycles. The van der Waals surface area contributed by atoms with Crippen molar-refractivity contribution < 1.29 is 4.43 Å². The second-order valence-electron chi connectivity index (χ2n) is 4.23. The molecule has 0 rings (SSSR count). The fourth-order valence-corrected chi connectivity index (χ4v) is 3.88. The number of unbranched alkanes of at least 4 members (excludes halogenated alkanes) is 1. The molecule has 68 valence electrons. The Hall–Kier alpha value is 0.177. The second-order valence-corrected chi connectivity index (χ2v) is 7.99. The number of rotatable bonds is 4. The highest BCUT2D eigenvalue weighted by Crippen LogP contribution is 2.30. The van der Waals surface area contributed by atoms with Crippen molar-refractivity contribution in [3.8, 4) is 0 Å². The molecule has 0 fully saturated rings. The summed E-state index contributed by atoms with van der Waals surface area (Å²) in [5.74, 6) is 0. The van der Waals surface area contributed by atoms with E-state index in [4.69, 9.17) is 4.43 Å². The summed E-state index contributed by atoms with van der Waals surface area (Å²) in [5.41, 5.74) is 0. The minimum atomic E-state index is -0.919. The molecule has 2 heteroatoms. The van der Waals surface area contributed by atoms with Crippen molar-refractivity contribution in [2.24, 2.45) is 0 Å². The topological polar surface area (TPSA) is 9.23 Å². The van der Waals surface area contributed by atoms with Crippen LogP contribution >= 0.6 is 0 Å². The van der Waals surface area contributed by atoms with Gasteiger partial charge in [-0.05, 0) is 11.1 Å². The van der Waals surface area contributed by atoms with E-state index in [0.717, 1.165) is 0 Å². The predicted octanol–water partition coefficient (Wildman–Crippen LogP) is 2.96. The van der Waals surface area contributed by atoms with Gasteiger partial charge in [0.1, 0.15) is 0 Å². The third-order valence-corrected chi connectivity index (χ3v) is 5.50. The molecular formula is C9H22OSi. The van der Waals surface area contributed by atoms with Crippen LogP contribution in [0, 0.1) is 0 Å². The van der Waals surface area contributed by atoms with Crippen LogP contribution in [-0.2, 0) is 4.43 Å². The van der Waals surface area contributed by atoms with Crippen molar-refractivity contribution in [3.05, 3.63) is 0 Å². The van der Waals surface area contributed by atoms with Gasteiger partial charge in [-0.15, -0.1) is 0 Å². The lowest BCUT2D eigenvalue weighted by molar-refractivity contribution is 0.387. The molecule has 0 bridgehead atoms. The van der Waals surface area contributed by atoms with E-state index in [1.807, 2.05) is 7.11 Å². The molecule has 11 heavy (non-hydrogen) atoms. The van der Waals surface area contributed by atoms with Gasteiger partial charge in [0.15, 0.2) is 9.04 Å². The average Bonchev–Trinajstić information content (AvgIpc) is 1.87. The molecule has 0 radical (unpaired) electrons. The van der Waals surface area contributed by atoms with Crippen molar-refractivity contribution in [2.45, 2.75) is 51.6 Å². The molecule has 0 saturated carbocycles. The summed E-state index contributed by atoms with van der Waals surface area (Å²) in [4.78, 5) is 0. The lowest BCUT2D eigenvalue weighted by Crippen LogP contribution is -2.27. The largest absolute Gasteiger partial charge is 0.423 e. The molecular weight excluding hydrogens is 152 g/mol. The number of hydrogen-bond donors (Lipinski definition) is 0. The summed E-state index contributed by atoms with van der Waals surface area (Å²) < 4.78 is 5.56. The van der Waals surface area contributed by atoms with Gasteiger partial charge in [-0.3, -0.25) is 0 Å². The van der Waals surface area contributed by atoms with Crippen LogP contribution in [0.5, 0.6) is 0 Å². The van der Waals surface area contributed by atoms with E-state index >= 15 is 0 Å². The molecule has 1 atom stereocenters. The lowest BCUT2D eigenvalue weighted by Gasteiger charge is -2.27. The monoisotopic (exact) mass is 174 g/mol. The summed E-state index contributed by atoms with van der Waals surface area (Å²) in [6.45, 7) is 9.12. The zero-order valence-corrected chi connectivity index (χ0v) is 9.76. The molecule has 0 saturated heterocycles. The van der Waals surface area contributed by atoms with E-state index in [2.05, 4.69) is 27.7 Å². The first-order chi connectivity index (χ1) is 5.02. The Balaban J connectivity index is 3.76. The van der Waals surface area contributed by atoms with Gasteiger partial charge < -0.3 is 4.43 Å². The van der Waals surface area contributed by atoms with Gasteiger partial charge in [-0.25, -0.2) is 0 Å². The van der Waals surface area contributed by atoms with Crippen LogP contribution in [0.3, 0.4) is 0 Å². The van der Waals surface area contributed by atoms with Crippen LogP contribution in [0.15, 0.2) is 0 Å². The summed E-state index contributed by atoms with van der Waals surface area (Å²) in [7, 11) is 0.954. The minimum absolute atomic E-state index is 0.434. The summed E-state index contributed by atoms with van der Waals surface area (Å²) >= 11 is 0. The SMILES string of the molecule is CCCC[SiH](OC)C(C)(C)C. The summed E-state index contributed by atoms with van der Waals surface area (Å²) in [6.07, 6.45) is 2.63. The Labute approximate surface area is 72.9 Å².